The van der Waals surface area contributed by atoms with Gasteiger partial charge in [-0.05, 0) is 67.0 Å². The third kappa shape index (κ3) is 7.18. The third-order valence-corrected chi connectivity index (χ3v) is 7.00. The van der Waals surface area contributed by atoms with Gasteiger partial charge >= 0.3 is 0 Å². The lowest BCUT2D eigenvalue weighted by Crippen LogP contribution is -2.41. The highest BCUT2D eigenvalue weighted by Gasteiger charge is 2.36. The van der Waals surface area contributed by atoms with Crippen LogP contribution in [0.15, 0.2) is 82.7 Å². The molecule has 2 heterocycles. The number of aliphatic imine (C=N–C) groups is 1. The molecule has 3 aromatic rings. The number of benzene rings is 2. The summed E-state index contributed by atoms with van der Waals surface area (Å²) in [7, 11) is 3.23. The van der Waals surface area contributed by atoms with E-state index in [4.69, 9.17) is 24.4 Å². The SMILES string of the molecule is C=C(/N=C(/N)c1cc(OC)c(OC)cc1C)N1CCC(Cc2ccccc2)(Cc2ccco2)CC1.NC=O. The van der Waals surface area contributed by atoms with E-state index in [9.17, 15) is 0 Å². The van der Waals surface area contributed by atoms with E-state index >= 15 is 0 Å². The summed E-state index contributed by atoms with van der Waals surface area (Å²) in [5.74, 6) is 3.44. The normalized spacial score (nSPS) is 14.7. The van der Waals surface area contributed by atoms with E-state index in [1.165, 1.54) is 5.56 Å². The topological polar surface area (TPSA) is 116 Å². The zero-order valence-corrected chi connectivity index (χ0v) is 22.5. The van der Waals surface area contributed by atoms with Crippen LogP contribution in [0.4, 0.5) is 0 Å². The lowest BCUT2D eigenvalue weighted by molar-refractivity contribution is -0.106. The van der Waals surface area contributed by atoms with Gasteiger partial charge in [0.25, 0.3) is 0 Å². The van der Waals surface area contributed by atoms with Crippen molar-refractivity contribution < 1.29 is 18.7 Å². The summed E-state index contributed by atoms with van der Waals surface area (Å²) in [4.78, 5) is 15.5. The van der Waals surface area contributed by atoms with Gasteiger partial charge < -0.3 is 30.3 Å². The van der Waals surface area contributed by atoms with Crippen molar-refractivity contribution in [2.24, 2.45) is 21.9 Å². The molecule has 1 aliphatic rings. The number of carbonyl (C=O) groups excluding carboxylic acids is 1. The molecule has 8 heteroatoms. The fourth-order valence-electron chi connectivity index (χ4n) is 4.99. The van der Waals surface area contributed by atoms with Gasteiger partial charge in [-0.2, -0.15) is 0 Å². The van der Waals surface area contributed by atoms with Crippen molar-refractivity contribution in [1.29, 1.82) is 0 Å². The number of hydrogen-bond donors (Lipinski definition) is 2. The molecule has 202 valence electrons. The number of amides is 1. The highest BCUT2D eigenvalue weighted by atomic mass is 16.5. The number of piperidine rings is 1. The number of ether oxygens (including phenoxy) is 2. The minimum atomic E-state index is 0.130. The van der Waals surface area contributed by atoms with Crippen molar-refractivity contribution in [3.05, 3.63) is 95.7 Å². The van der Waals surface area contributed by atoms with Gasteiger partial charge in [0.15, 0.2) is 11.5 Å². The molecule has 1 saturated heterocycles. The number of hydrogen-bond acceptors (Lipinski definition) is 6. The Kier molecular flexibility index (Phi) is 9.99. The number of amidine groups is 1. The highest BCUT2D eigenvalue weighted by Crippen LogP contribution is 2.39. The first-order valence-corrected chi connectivity index (χ1v) is 12.6. The molecule has 0 unspecified atom stereocenters. The Hall–Kier alpha value is -4.20. The molecule has 4 N–H and O–H groups in total. The van der Waals surface area contributed by atoms with Crippen molar-refractivity contribution in [1.82, 2.24) is 4.90 Å². The van der Waals surface area contributed by atoms with Gasteiger partial charge in [0.1, 0.15) is 17.4 Å². The minimum absolute atomic E-state index is 0.130. The Labute approximate surface area is 224 Å². The van der Waals surface area contributed by atoms with Crippen LogP contribution in [0.1, 0.15) is 35.3 Å². The van der Waals surface area contributed by atoms with Crippen LogP contribution in [-0.2, 0) is 17.6 Å². The predicted octanol–water partition coefficient (Wildman–Crippen LogP) is 4.45. The number of nitrogens with two attached hydrogens (primary N) is 2. The zero-order valence-electron chi connectivity index (χ0n) is 22.5. The molecule has 1 amide bonds. The largest absolute Gasteiger partial charge is 0.493 e. The average molecular weight is 519 g/mol. The maximum absolute atomic E-state index is 8.58. The van der Waals surface area contributed by atoms with Crippen molar-refractivity contribution in [3.63, 3.8) is 0 Å². The predicted molar refractivity (Wildman–Crippen MR) is 150 cm³/mol. The molecule has 2 aromatic carbocycles. The summed E-state index contributed by atoms with van der Waals surface area (Å²) >= 11 is 0. The quantitative estimate of drug-likeness (QED) is 0.246. The molecule has 0 spiro atoms. The Bertz CT molecular complexity index is 1210. The van der Waals surface area contributed by atoms with Crippen LogP contribution >= 0.6 is 0 Å². The van der Waals surface area contributed by atoms with Crippen LogP contribution in [0.25, 0.3) is 0 Å². The highest BCUT2D eigenvalue weighted by molar-refractivity contribution is 6.00. The summed E-state index contributed by atoms with van der Waals surface area (Å²) in [6, 6.07) is 18.5. The molecule has 4 rings (SSSR count). The van der Waals surface area contributed by atoms with E-state index in [0.717, 1.165) is 55.7 Å². The van der Waals surface area contributed by atoms with Crippen LogP contribution < -0.4 is 20.9 Å². The molecule has 1 aliphatic heterocycles. The van der Waals surface area contributed by atoms with Gasteiger partial charge in [-0.3, -0.25) is 4.79 Å². The van der Waals surface area contributed by atoms with E-state index in [1.54, 1.807) is 20.5 Å². The van der Waals surface area contributed by atoms with E-state index in [0.29, 0.717) is 23.2 Å². The first-order chi connectivity index (χ1) is 18.3. The number of likely N-dealkylation sites (tertiary alicyclic amines) is 1. The van der Waals surface area contributed by atoms with E-state index in [-0.39, 0.29) is 11.8 Å². The number of nitrogens with zero attached hydrogens (tertiary/aromatic N) is 2. The van der Waals surface area contributed by atoms with Gasteiger partial charge in [0.2, 0.25) is 6.41 Å². The van der Waals surface area contributed by atoms with Crippen molar-refractivity contribution in [2.45, 2.75) is 32.6 Å². The van der Waals surface area contributed by atoms with E-state index in [2.05, 4.69) is 58.6 Å². The van der Waals surface area contributed by atoms with Gasteiger partial charge in [0, 0.05) is 25.1 Å². The van der Waals surface area contributed by atoms with Crippen molar-refractivity contribution in [2.75, 3.05) is 27.3 Å². The van der Waals surface area contributed by atoms with Crippen molar-refractivity contribution in [3.8, 4) is 11.5 Å². The maximum atomic E-state index is 8.58. The number of aryl methyl sites for hydroxylation is 1. The summed E-state index contributed by atoms with van der Waals surface area (Å²) in [5.41, 5.74) is 13.9. The number of carbonyl (C=O) groups is 1. The number of furan rings is 1. The lowest BCUT2D eigenvalue weighted by Gasteiger charge is -2.42. The molecule has 0 bridgehead atoms. The first-order valence-electron chi connectivity index (χ1n) is 12.6. The average Bonchev–Trinajstić information content (AvgIpc) is 3.42. The van der Waals surface area contributed by atoms with Crippen LogP contribution in [0, 0.1) is 12.3 Å². The monoisotopic (exact) mass is 518 g/mol. The van der Waals surface area contributed by atoms with Gasteiger partial charge in [-0.15, -0.1) is 0 Å². The van der Waals surface area contributed by atoms with Crippen LogP contribution in [0.5, 0.6) is 11.5 Å². The van der Waals surface area contributed by atoms with Crippen molar-refractivity contribution >= 4 is 12.2 Å². The second-order valence-corrected chi connectivity index (χ2v) is 9.48. The molecule has 1 fully saturated rings. The van der Waals surface area contributed by atoms with E-state index in [1.807, 2.05) is 25.1 Å². The fourth-order valence-corrected chi connectivity index (χ4v) is 4.99. The van der Waals surface area contributed by atoms with Gasteiger partial charge in [0.05, 0.1) is 20.5 Å². The second kappa shape index (κ2) is 13.4. The summed E-state index contributed by atoms with van der Waals surface area (Å²) < 4.78 is 16.6. The molecule has 0 radical (unpaired) electrons. The number of methoxy groups -OCH3 is 2. The molecular formula is C30H38N4O4. The lowest BCUT2D eigenvalue weighted by atomic mass is 9.71. The molecule has 38 heavy (non-hydrogen) atoms. The number of primary amides is 1. The van der Waals surface area contributed by atoms with Crippen LogP contribution in [0.3, 0.4) is 0 Å². The maximum Gasteiger partial charge on any atom is 0.204 e. The molecular weight excluding hydrogens is 480 g/mol. The van der Waals surface area contributed by atoms with Crippen LogP contribution in [-0.4, -0.2) is 44.5 Å². The standard InChI is InChI=1S/C29H35N3O3.CH3NO/c1-21-17-26(33-3)27(34-4)18-25(21)28(30)31-22(2)32-14-12-29(13-15-32,20-24-11-8-16-35-24)19-23-9-6-5-7-10-23;2-1-3/h5-11,16-18H,2,12-15,19-20H2,1,3-4H3,(H2,30,31);1H,(H2,2,3). The Morgan fingerprint density at radius 2 is 1.71 bits per heavy atom. The molecule has 8 nitrogen and oxygen atoms in total. The Morgan fingerprint density at radius 1 is 1.08 bits per heavy atom. The first kappa shape index (κ1) is 28.4. The summed E-state index contributed by atoms with van der Waals surface area (Å²) in [6.45, 7) is 7.96. The molecule has 0 aliphatic carbocycles. The minimum Gasteiger partial charge on any atom is -0.493 e. The van der Waals surface area contributed by atoms with E-state index < -0.39 is 0 Å². The Balaban J connectivity index is 0.00000127. The molecule has 0 atom stereocenters. The molecule has 0 saturated carbocycles. The zero-order chi connectivity index (χ0) is 27.5. The Morgan fingerprint density at radius 3 is 2.29 bits per heavy atom. The van der Waals surface area contributed by atoms with Gasteiger partial charge in [-0.1, -0.05) is 36.9 Å². The van der Waals surface area contributed by atoms with Gasteiger partial charge in [-0.25, -0.2) is 4.99 Å². The summed E-state index contributed by atoms with van der Waals surface area (Å²) in [5, 5.41) is 0. The third-order valence-electron chi connectivity index (χ3n) is 7.00. The summed E-state index contributed by atoms with van der Waals surface area (Å²) in [6.07, 6.45) is 5.99. The second-order valence-electron chi connectivity index (χ2n) is 9.48. The van der Waals surface area contributed by atoms with Crippen LogP contribution in [0.2, 0.25) is 0 Å². The smallest absolute Gasteiger partial charge is 0.204 e. The number of rotatable bonds is 9. The molecule has 1 aromatic heterocycles. The fraction of sp³-hybridized carbons (Fsp3) is 0.333.